The fraction of sp³-hybridized carbons (Fsp3) is 0.400. The molecule has 4 rings (SSSR count). The van der Waals surface area contributed by atoms with Gasteiger partial charge in [-0.05, 0) is 18.4 Å². The van der Waals surface area contributed by atoms with E-state index in [4.69, 9.17) is 5.73 Å². The topological polar surface area (TPSA) is 46.3 Å². The number of carbonyl (C=O) groups excluding carboxylic acids is 1. The van der Waals surface area contributed by atoms with Crippen LogP contribution in [0.1, 0.15) is 18.4 Å². The average Bonchev–Trinajstić information content (AvgIpc) is 2.41. The maximum absolute atomic E-state index is 12.2. The molecule has 3 nitrogen and oxygen atoms in total. The number of nitrogens with zero attached hydrogens (tertiary/aromatic N) is 1. The zero-order valence-corrected chi connectivity index (χ0v) is 10.4. The first kappa shape index (κ1) is 11.3. The monoisotopic (exact) mass is 242 g/mol. The molecule has 3 fully saturated rings. The van der Waals surface area contributed by atoms with Crippen LogP contribution in [-0.4, -0.2) is 23.8 Å². The van der Waals surface area contributed by atoms with Gasteiger partial charge in [-0.1, -0.05) is 30.3 Å². The van der Waals surface area contributed by atoms with E-state index in [-0.39, 0.29) is 11.7 Å². The van der Waals surface area contributed by atoms with Crippen molar-refractivity contribution in [3.63, 3.8) is 0 Å². The molecule has 0 aromatic heterocycles. The summed E-state index contributed by atoms with van der Waals surface area (Å²) in [5.74, 6) is 0.486. The molecule has 18 heavy (non-hydrogen) atoms. The van der Waals surface area contributed by atoms with E-state index >= 15 is 0 Å². The molecule has 2 bridgehead atoms. The van der Waals surface area contributed by atoms with E-state index in [2.05, 4.69) is 4.90 Å². The van der Waals surface area contributed by atoms with Crippen LogP contribution in [0.15, 0.2) is 41.7 Å². The summed E-state index contributed by atoms with van der Waals surface area (Å²) in [6.07, 6.45) is 2.67. The van der Waals surface area contributed by atoms with Gasteiger partial charge in [0.05, 0.1) is 0 Å². The Morgan fingerprint density at radius 2 is 1.89 bits per heavy atom. The Hall–Kier alpha value is -1.77. The zero-order valence-electron chi connectivity index (χ0n) is 10.4. The number of nitrogens with two attached hydrogens (primary N) is 1. The summed E-state index contributed by atoms with van der Waals surface area (Å²) in [4.78, 5) is 14.4. The quantitative estimate of drug-likeness (QED) is 0.803. The van der Waals surface area contributed by atoms with E-state index in [0.717, 1.165) is 42.9 Å². The molecule has 3 heteroatoms. The van der Waals surface area contributed by atoms with Gasteiger partial charge in [0.2, 0.25) is 0 Å². The molecule has 3 heterocycles. The molecule has 0 radical (unpaired) electrons. The molecule has 0 aliphatic carbocycles. The van der Waals surface area contributed by atoms with Crippen LogP contribution < -0.4 is 5.73 Å². The summed E-state index contributed by atoms with van der Waals surface area (Å²) < 4.78 is 0. The molecule has 1 aromatic carbocycles. The Morgan fingerprint density at radius 1 is 1.22 bits per heavy atom. The number of carbonyl (C=O) groups is 1. The zero-order chi connectivity index (χ0) is 12.5. The number of allylic oxidation sites excluding steroid dienone is 2. The maximum Gasteiger partial charge on any atom is 0.183 e. The van der Waals surface area contributed by atoms with E-state index in [1.54, 1.807) is 0 Å². The van der Waals surface area contributed by atoms with Gasteiger partial charge in [0.1, 0.15) is 5.70 Å². The van der Waals surface area contributed by atoms with Crippen molar-refractivity contribution in [2.75, 3.05) is 13.1 Å². The first-order valence-corrected chi connectivity index (χ1v) is 6.57. The van der Waals surface area contributed by atoms with E-state index in [1.165, 1.54) is 0 Å². The Bertz CT molecular complexity index is 484. The second-order valence-electron chi connectivity index (χ2n) is 5.16. The number of Topliss-reactive ketones (excluding diaryl/α,β-unsaturated/α-hetero) is 1. The van der Waals surface area contributed by atoms with Crippen LogP contribution in [0.2, 0.25) is 0 Å². The molecule has 3 saturated heterocycles. The Morgan fingerprint density at radius 3 is 2.50 bits per heavy atom. The number of benzene rings is 1. The minimum Gasteiger partial charge on any atom is -0.400 e. The fourth-order valence-electron chi connectivity index (χ4n) is 2.98. The van der Waals surface area contributed by atoms with Gasteiger partial charge in [-0.15, -0.1) is 0 Å². The molecule has 3 aliphatic heterocycles. The lowest BCUT2D eigenvalue weighted by Crippen LogP contribution is -2.47. The van der Waals surface area contributed by atoms with Crippen molar-refractivity contribution in [2.45, 2.75) is 19.3 Å². The minimum absolute atomic E-state index is 0.222. The minimum atomic E-state index is 0.222. The van der Waals surface area contributed by atoms with Gasteiger partial charge < -0.3 is 10.6 Å². The first-order chi connectivity index (χ1) is 8.75. The molecule has 0 spiro atoms. The number of rotatable bonds is 2. The standard InChI is InChI=1S/C15H18N2O/c16-13(10-11-4-2-1-3-5-11)14-15(18)12-6-8-17(14)9-7-12/h1-5,12H,6-10,16H2/b14-13+. The molecule has 2 N–H and O–H groups in total. The summed E-state index contributed by atoms with van der Waals surface area (Å²) in [5.41, 5.74) is 8.86. The number of hydrogen-bond donors (Lipinski definition) is 1. The summed E-state index contributed by atoms with van der Waals surface area (Å²) >= 11 is 0. The van der Waals surface area contributed by atoms with Crippen LogP contribution in [0.4, 0.5) is 0 Å². The van der Waals surface area contributed by atoms with E-state index < -0.39 is 0 Å². The number of piperidine rings is 3. The molecule has 1 aromatic rings. The van der Waals surface area contributed by atoms with Gasteiger partial charge in [0.15, 0.2) is 5.78 Å². The largest absolute Gasteiger partial charge is 0.400 e. The Balaban J connectivity index is 1.87. The Labute approximate surface area is 107 Å². The van der Waals surface area contributed by atoms with Crippen molar-refractivity contribution in [1.82, 2.24) is 4.90 Å². The van der Waals surface area contributed by atoms with Crippen LogP contribution >= 0.6 is 0 Å². The van der Waals surface area contributed by atoms with Gasteiger partial charge in [-0.2, -0.15) is 0 Å². The smallest absolute Gasteiger partial charge is 0.183 e. The van der Waals surface area contributed by atoms with Crippen LogP contribution in [-0.2, 0) is 11.2 Å². The lowest BCUT2D eigenvalue weighted by molar-refractivity contribution is -0.125. The second-order valence-corrected chi connectivity index (χ2v) is 5.16. The summed E-state index contributed by atoms with van der Waals surface area (Å²) in [6.45, 7) is 1.97. The summed E-state index contributed by atoms with van der Waals surface area (Å²) in [5, 5.41) is 0. The summed E-state index contributed by atoms with van der Waals surface area (Å²) in [7, 11) is 0. The highest BCUT2D eigenvalue weighted by molar-refractivity contribution is 5.98. The number of hydrogen-bond acceptors (Lipinski definition) is 3. The van der Waals surface area contributed by atoms with Crippen LogP contribution in [0.3, 0.4) is 0 Å². The first-order valence-electron chi connectivity index (χ1n) is 6.57. The molecule has 0 amide bonds. The molecule has 0 atom stereocenters. The van der Waals surface area contributed by atoms with Crippen molar-refractivity contribution < 1.29 is 4.79 Å². The molecule has 94 valence electrons. The SMILES string of the molecule is N/C(Cc1ccccc1)=C1\C(=O)C2CCN1CC2. The molecule has 0 saturated carbocycles. The van der Waals surface area contributed by atoms with E-state index in [1.807, 2.05) is 30.3 Å². The second kappa shape index (κ2) is 4.48. The van der Waals surface area contributed by atoms with Gasteiger partial charge in [-0.25, -0.2) is 0 Å². The summed E-state index contributed by atoms with van der Waals surface area (Å²) in [6, 6.07) is 10.1. The van der Waals surface area contributed by atoms with Crippen LogP contribution in [0.25, 0.3) is 0 Å². The molecular formula is C15H18N2O. The Kier molecular flexibility index (Phi) is 2.82. The number of ketones is 1. The molecule has 3 aliphatic rings. The highest BCUT2D eigenvalue weighted by atomic mass is 16.1. The third-order valence-electron chi connectivity index (χ3n) is 3.96. The van der Waals surface area contributed by atoms with Gasteiger partial charge in [0.25, 0.3) is 0 Å². The highest BCUT2D eigenvalue weighted by Gasteiger charge is 2.37. The molecular weight excluding hydrogens is 224 g/mol. The van der Waals surface area contributed by atoms with E-state index in [9.17, 15) is 4.79 Å². The van der Waals surface area contributed by atoms with E-state index in [0.29, 0.717) is 6.42 Å². The van der Waals surface area contributed by atoms with Gasteiger partial charge in [0, 0.05) is 31.1 Å². The maximum atomic E-state index is 12.2. The van der Waals surface area contributed by atoms with Crippen molar-refractivity contribution in [1.29, 1.82) is 0 Å². The molecule has 0 unspecified atom stereocenters. The normalized spacial score (nSPS) is 22.4. The van der Waals surface area contributed by atoms with Crippen molar-refractivity contribution in [2.24, 2.45) is 11.7 Å². The van der Waals surface area contributed by atoms with Gasteiger partial charge >= 0.3 is 0 Å². The fourth-order valence-corrected chi connectivity index (χ4v) is 2.98. The third-order valence-corrected chi connectivity index (χ3v) is 3.96. The van der Waals surface area contributed by atoms with Crippen molar-refractivity contribution >= 4 is 5.78 Å². The lowest BCUT2D eigenvalue weighted by Gasteiger charge is -2.41. The number of fused-ring (bicyclic) bond motifs is 3. The average molecular weight is 242 g/mol. The van der Waals surface area contributed by atoms with Crippen molar-refractivity contribution in [3.8, 4) is 0 Å². The predicted octanol–water partition coefficient (Wildman–Crippen LogP) is 1.69. The predicted molar refractivity (Wildman–Crippen MR) is 70.7 cm³/mol. The third kappa shape index (κ3) is 1.90. The van der Waals surface area contributed by atoms with Crippen LogP contribution in [0, 0.1) is 5.92 Å². The lowest BCUT2D eigenvalue weighted by atomic mass is 9.83. The highest BCUT2D eigenvalue weighted by Crippen LogP contribution is 2.32. The van der Waals surface area contributed by atoms with Crippen molar-refractivity contribution in [3.05, 3.63) is 47.3 Å². The van der Waals surface area contributed by atoms with Gasteiger partial charge in [-0.3, -0.25) is 4.79 Å². The van der Waals surface area contributed by atoms with Crippen LogP contribution in [0.5, 0.6) is 0 Å².